The summed E-state index contributed by atoms with van der Waals surface area (Å²) in [5, 5.41) is 0. The molecule has 33 heavy (non-hydrogen) atoms. The molecule has 1 saturated carbocycles. The number of benzene rings is 4. The molecular weight excluding hydrogens is 395 g/mol. The molecule has 4 aromatic carbocycles. The molecule has 1 radical (unpaired) electrons. The Bertz CT molecular complexity index is 1060. The monoisotopic (exact) mass is 427 g/mol. The zero-order valence-corrected chi connectivity index (χ0v) is 19.4. The standard InChI is InChI=1S/C32H32B/c1-24(25-14-6-2-7-15-25)32(28-20-12-5-13-21-28)33-29-22-30(26-16-8-3-9-17-26)31(23-29)27-18-10-4-11-19-27/h2-21,24,29-32H,22-23H2,1H3. The Kier molecular flexibility index (Phi) is 6.77. The van der Waals surface area contributed by atoms with Crippen molar-refractivity contribution in [1.29, 1.82) is 0 Å². The van der Waals surface area contributed by atoms with Crippen LogP contribution in [0.3, 0.4) is 0 Å². The summed E-state index contributed by atoms with van der Waals surface area (Å²) in [6.45, 7) is 2.39. The first-order valence-corrected chi connectivity index (χ1v) is 12.3. The van der Waals surface area contributed by atoms with Crippen molar-refractivity contribution in [3.8, 4) is 0 Å². The van der Waals surface area contributed by atoms with Crippen LogP contribution in [0.1, 0.15) is 65.6 Å². The van der Waals surface area contributed by atoms with Gasteiger partial charge in [-0.05, 0) is 40.3 Å². The predicted octanol–water partition coefficient (Wildman–Crippen LogP) is 8.39. The Morgan fingerprint density at radius 3 is 1.39 bits per heavy atom. The molecule has 0 amide bonds. The third-order valence-corrected chi connectivity index (χ3v) is 7.58. The number of hydrogen-bond acceptors (Lipinski definition) is 0. The van der Waals surface area contributed by atoms with Crippen LogP contribution < -0.4 is 0 Å². The van der Waals surface area contributed by atoms with Gasteiger partial charge in [-0.15, -0.1) is 0 Å². The summed E-state index contributed by atoms with van der Waals surface area (Å²) in [4.78, 5) is 0. The molecule has 0 heterocycles. The first-order chi connectivity index (χ1) is 16.3. The molecule has 1 aliphatic rings. The fourth-order valence-corrected chi connectivity index (χ4v) is 5.87. The third-order valence-electron chi connectivity index (χ3n) is 7.58. The van der Waals surface area contributed by atoms with Gasteiger partial charge in [0.2, 0.25) is 0 Å². The second kappa shape index (κ2) is 10.3. The first kappa shape index (κ1) is 21.8. The molecule has 1 aliphatic carbocycles. The molecule has 0 N–H and O–H groups in total. The Morgan fingerprint density at radius 1 is 0.545 bits per heavy atom. The predicted molar refractivity (Wildman–Crippen MR) is 141 cm³/mol. The molecule has 163 valence electrons. The van der Waals surface area contributed by atoms with Gasteiger partial charge in [0, 0.05) is 0 Å². The van der Waals surface area contributed by atoms with Gasteiger partial charge in [0.15, 0.2) is 0 Å². The zero-order valence-electron chi connectivity index (χ0n) is 19.4. The second-order valence-corrected chi connectivity index (χ2v) is 9.59. The smallest absolute Gasteiger partial charge is 0.0669 e. The lowest BCUT2D eigenvalue weighted by atomic mass is 9.48. The van der Waals surface area contributed by atoms with Crippen molar-refractivity contribution in [2.45, 2.75) is 49.2 Å². The van der Waals surface area contributed by atoms with Gasteiger partial charge in [0.25, 0.3) is 0 Å². The van der Waals surface area contributed by atoms with Crippen molar-refractivity contribution in [3.63, 3.8) is 0 Å². The maximum Gasteiger partial charge on any atom is 0.124 e. The van der Waals surface area contributed by atoms with Crippen LogP contribution in [0.25, 0.3) is 0 Å². The fourth-order valence-electron chi connectivity index (χ4n) is 5.87. The topological polar surface area (TPSA) is 0 Å². The lowest BCUT2D eigenvalue weighted by molar-refractivity contribution is 0.624. The molecule has 1 heteroatoms. The molecule has 4 aromatic rings. The van der Waals surface area contributed by atoms with Crippen molar-refractivity contribution in [1.82, 2.24) is 0 Å². The summed E-state index contributed by atoms with van der Waals surface area (Å²) in [6.07, 6.45) is 2.43. The van der Waals surface area contributed by atoms with Gasteiger partial charge in [-0.2, -0.15) is 0 Å². The normalized spacial score (nSPS) is 21.9. The van der Waals surface area contributed by atoms with Crippen LogP contribution >= 0.6 is 0 Å². The van der Waals surface area contributed by atoms with Crippen LogP contribution in [0.5, 0.6) is 0 Å². The highest BCUT2D eigenvalue weighted by molar-refractivity contribution is 6.40. The summed E-state index contributed by atoms with van der Waals surface area (Å²) in [6, 6.07) is 44.4. The minimum absolute atomic E-state index is 0.407. The lowest BCUT2D eigenvalue weighted by Crippen LogP contribution is -2.19. The maximum absolute atomic E-state index is 2.69. The molecule has 1 fully saturated rings. The van der Waals surface area contributed by atoms with Crippen molar-refractivity contribution in [3.05, 3.63) is 144 Å². The quantitative estimate of drug-likeness (QED) is 0.260. The van der Waals surface area contributed by atoms with E-state index in [-0.39, 0.29) is 0 Å². The molecule has 0 bridgehead atoms. The summed E-state index contributed by atoms with van der Waals surface area (Å²) in [5.41, 5.74) is 5.80. The van der Waals surface area contributed by atoms with E-state index in [0.29, 0.717) is 29.4 Å². The largest absolute Gasteiger partial charge is 0.124 e. The molecule has 0 spiro atoms. The highest BCUT2D eigenvalue weighted by atomic mass is 14.4. The van der Waals surface area contributed by atoms with E-state index in [1.54, 1.807) is 0 Å². The Hall–Kier alpha value is -3.06. The van der Waals surface area contributed by atoms with E-state index in [9.17, 15) is 0 Å². The minimum atomic E-state index is 0.407. The van der Waals surface area contributed by atoms with Gasteiger partial charge in [0.1, 0.15) is 7.28 Å². The van der Waals surface area contributed by atoms with Crippen LogP contribution in [0.15, 0.2) is 121 Å². The van der Waals surface area contributed by atoms with Gasteiger partial charge < -0.3 is 0 Å². The molecule has 0 saturated heterocycles. The third kappa shape index (κ3) is 4.98. The molecule has 5 rings (SSSR count). The second-order valence-electron chi connectivity index (χ2n) is 9.59. The molecule has 0 aliphatic heterocycles. The Morgan fingerprint density at radius 2 is 0.939 bits per heavy atom. The van der Waals surface area contributed by atoms with E-state index in [1.165, 1.54) is 35.1 Å². The van der Waals surface area contributed by atoms with Crippen LogP contribution in [0, 0.1) is 0 Å². The average Bonchev–Trinajstić information content (AvgIpc) is 3.33. The van der Waals surface area contributed by atoms with Crippen LogP contribution in [-0.4, -0.2) is 7.28 Å². The van der Waals surface area contributed by atoms with E-state index < -0.39 is 0 Å². The van der Waals surface area contributed by atoms with Gasteiger partial charge in [-0.25, -0.2) is 0 Å². The summed E-state index contributed by atoms with van der Waals surface area (Å²) >= 11 is 0. The van der Waals surface area contributed by atoms with Crippen LogP contribution in [0.2, 0.25) is 5.82 Å². The van der Waals surface area contributed by atoms with E-state index in [4.69, 9.17) is 0 Å². The SMILES string of the molecule is CC(c1ccccc1)C([B]C1CC(c2ccccc2)C(c2ccccc2)C1)c1ccccc1. The van der Waals surface area contributed by atoms with Gasteiger partial charge in [-0.3, -0.25) is 0 Å². The molecule has 0 nitrogen and oxygen atoms in total. The molecule has 4 unspecified atom stereocenters. The summed E-state index contributed by atoms with van der Waals surface area (Å²) < 4.78 is 0. The first-order valence-electron chi connectivity index (χ1n) is 12.3. The Balaban J connectivity index is 1.44. The van der Waals surface area contributed by atoms with Gasteiger partial charge >= 0.3 is 0 Å². The number of hydrogen-bond donors (Lipinski definition) is 0. The van der Waals surface area contributed by atoms with Crippen molar-refractivity contribution < 1.29 is 0 Å². The van der Waals surface area contributed by atoms with E-state index in [2.05, 4.69) is 136 Å². The summed E-state index contributed by atoms with van der Waals surface area (Å²) in [5.74, 6) is 2.58. The highest BCUT2D eigenvalue weighted by Crippen LogP contribution is 2.52. The highest BCUT2D eigenvalue weighted by Gasteiger charge is 2.38. The van der Waals surface area contributed by atoms with E-state index in [1.807, 2.05) is 0 Å². The van der Waals surface area contributed by atoms with Gasteiger partial charge in [-0.1, -0.05) is 152 Å². The molecule has 4 atom stereocenters. The van der Waals surface area contributed by atoms with Crippen LogP contribution in [-0.2, 0) is 0 Å². The summed E-state index contributed by atoms with van der Waals surface area (Å²) in [7, 11) is 2.69. The van der Waals surface area contributed by atoms with E-state index >= 15 is 0 Å². The molecular formula is C32H32B. The molecule has 0 aromatic heterocycles. The Labute approximate surface area is 200 Å². The van der Waals surface area contributed by atoms with Gasteiger partial charge in [0.05, 0.1) is 0 Å². The van der Waals surface area contributed by atoms with Crippen molar-refractivity contribution >= 4 is 7.28 Å². The lowest BCUT2D eigenvalue weighted by Gasteiger charge is -2.27. The number of rotatable bonds is 7. The minimum Gasteiger partial charge on any atom is -0.0669 e. The van der Waals surface area contributed by atoms with Crippen LogP contribution in [0.4, 0.5) is 0 Å². The van der Waals surface area contributed by atoms with E-state index in [0.717, 1.165) is 0 Å². The zero-order chi connectivity index (χ0) is 22.5. The average molecular weight is 427 g/mol. The van der Waals surface area contributed by atoms with Crippen molar-refractivity contribution in [2.24, 2.45) is 0 Å². The van der Waals surface area contributed by atoms with Crippen molar-refractivity contribution in [2.75, 3.05) is 0 Å². The maximum atomic E-state index is 2.69. The fraction of sp³-hybridized carbons (Fsp3) is 0.250.